The van der Waals surface area contributed by atoms with Crippen LogP contribution in [0, 0.1) is 5.82 Å². The molecule has 2 heterocycles. The molecule has 7 nitrogen and oxygen atoms in total. The van der Waals surface area contributed by atoms with E-state index in [9.17, 15) is 12.8 Å². The predicted octanol–water partition coefficient (Wildman–Crippen LogP) is 2.26. The van der Waals surface area contributed by atoms with E-state index >= 15 is 0 Å². The third-order valence-corrected chi connectivity index (χ3v) is 5.86. The maximum atomic E-state index is 13.1. The number of H-pyrrole nitrogens is 1. The van der Waals surface area contributed by atoms with E-state index in [0.717, 1.165) is 0 Å². The van der Waals surface area contributed by atoms with Gasteiger partial charge < -0.3 is 0 Å². The summed E-state index contributed by atoms with van der Waals surface area (Å²) in [7, 11) is -3.78. The number of benzene rings is 1. The van der Waals surface area contributed by atoms with Crippen molar-refractivity contribution in [3.05, 3.63) is 47.9 Å². The molecule has 1 N–H and O–H groups in total. The van der Waals surface area contributed by atoms with E-state index in [1.165, 1.54) is 28.7 Å². The Hall–Kier alpha value is -2.39. The van der Waals surface area contributed by atoms with Gasteiger partial charge in [-0.1, -0.05) is 19.1 Å². The van der Waals surface area contributed by atoms with Gasteiger partial charge in [-0.2, -0.15) is 14.6 Å². The van der Waals surface area contributed by atoms with E-state index in [1.807, 2.05) is 0 Å². The van der Waals surface area contributed by atoms with Gasteiger partial charge in [0.25, 0.3) is 0 Å². The lowest BCUT2D eigenvalue weighted by molar-refractivity contribution is 0.357. The van der Waals surface area contributed by atoms with Crippen LogP contribution in [0.15, 0.2) is 41.4 Å². The van der Waals surface area contributed by atoms with Crippen molar-refractivity contribution in [1.82, 2.24) is 24.7 Å². The fourth-order valence-corrected chi connectivity index (χ4v) is 4.15. The number of rotatable bonds is 5. The zero-order valence-electron chi connectivity index (χ0n) is 13.1. The van der Waals surface area contributed by atoms with Gasteiger partial charge in [-0.25, -0.2) is 17.8 Å². The molecule has 0 saturated carbocycles. The predicted molar refractivity (Wildman–Crippen MR) is 86.1 cm³/mol. The first-order valence-electron chi connectivity index (χ1n) is 7.37. The Kier molecular flexibility index (Phi) is 4.29. The summed E-state index contributed by atoms with van der Waals surface area (Å²) in [5, 5.41) is 10.1. The average Bonchev–Trinajstić information content (AvgIpc) is 3.03. The van der Waals surface area contributed by atoms with E-state index in [4.69, 9.17) is 0 Å². The Morgan fingerprint density at radius 1 is 1.25 bits per heavy atom. The summed E-state index contributed by atoms with van der Waals surface area (Å²) in [6.07, 6.45) is 1.26. The molecular formula is C15H16FN5O2S. The van der Waals surface area contributed by atoms with Gasteiger partial charge in [0.05, 0.1) is 0 Å². The van der Waals surface area contributed by atoms with Crippen molar-refractivity contribution >= 4 is 21.2 Å². The molecule has 1 aromatic carbocycles. The fraction of sp³-hybridized carbons (Fsp3) is 0.267. The summed E-state index contributed by atoms with van der Waals surface area (Å²) >= 11 is 0. The van der Waals surface area contributed by atoms with Gasteiger partial charge in [0.15, 0.2) is 0 Å². The van der Waals surface area contributed by atoms with Crippen LogP contribution in [0.3, 0.4) is 0 Å². The van der Waals surface area contributed by atoms with Crippen molar-refractivity contribution in [1.29, 1.82) is 0 Å². The molecule has 0 aliphatic rings. The molecule has 3 aromatic rings. The fourth-order valence-electron chi connectivity index (χ4n) is 2.56. The van der Waals surface area contributed by atoms with Gasteiger partial charge in [0, 0.05) is 18.8 Å². The molecule has 9 heteroatoms. The Morgan fingerprint density at radius 3 is 2.62 bits per heavy atom. The monoisotopic (exact) mass is 349 g/mol. The lowest BCUT2D eigenvalue weighted by Gasteiger charge is -2.27. The van der Waals surface area contributed by atoms with Crippen LogP contribution in [-0.2, 0) is 10.0 Å². The number of nitrogens with one attached hydrogen (secondary N) is 1. The van der Waals surface area contributed by atoms with Crippen molar-refractivity contribution in [2.45, 2.75) is 24.8 Å². The summed E-state index contributed by atoms with van der Waals surface area (Å²) < 4.78 is 40.4. The smallest absolute Gasteiger partial charge is 0.232 e. The van der Waals surface area contributed by atoms with Gasteiger partial charge in [0.1, 0.15) is 16.2 Å². The Morgan fingerprint density at radius 2 is 1.96 bits per heavy atom. The molecule has 0 amide bonds. The lowest BCUT2D eigenvalue weighted by Crippen LogP contribution is -2.33. The molecule has 126 valence electrons. The molecule has 0 aliphatic carbocycles. The van der Waals surface area contributed by atoms with Crippen LogP contribution in [0.1, 0.15) is 25.5 Å². The molecule has 1 atom stereocenters. The summed E-state index contributed by atoms with van der Waals surface area (Å²) in [4.78, 5) is 4.05. The maximum absolute atomic E-state index is 13.1. The highest BCUT2D eigenvalue weighted by Crippen LogP contribution is 2.27. The minimum atomic E-state index is -3.78. The van der Waals surface area contributed by atoms with E-state index in [0.29, 0.717) is 16.7 Å². The summed E-state index contributed by atoms with van der Waals surface area (Å²) in [6.45, 7) is 3.77. The summed E-state index contributed by atoms with van der Waals surface area (Å²) in [5.74, 6) is -0.363. The molecule has 0 bridgehead atoms. The van der Waals surface area contributed by atoms with Crippen molar-refractivity contribution in [3.8, 4) is 0 Å². The third kappa shape index (κ3) is 2.87. The van der Waals surface area contributed by atoms with Crippen molar-refractivity contribution in [2.24, 2.45) is 0 Å². The number of sulfonamides is 1. The van der Waals surface area contributed by atoms with Gasteiger partial charge in [-0.15, -0.1) is 5.10 Å². The van der Waals surface area contributed by atoms with Crippen molar-refractivity contribution < 1.29 is 12.8 Å². The largest absolute Gasteiger partial charge is 0.245 e. The van der Waals surface area contributed by atoms with Gasteiger partial charge >= 0.3 is 0 Å². The number of fused-ring (bicyclic) bond motifs is 1. The quantitative estimate of drug-likeness (QED) is 0.763. The Labute approximate surface area is 138 Å². The van der Waals surface area contributed by atoms with E-state index in [-0.39, 0.29) is 17.3 Å². The van der Waals surface area contributed by atoms with E-state index in [2.05, 4.69) is 20.4 Å². The summed E-state index contributed by atoms with van der Waals surface area (Å²) in [5.41, 5.74) is 1.43. The van der Waals surface area contributed by atoms with Crippen LogP contribution >= 0.6 is 0 Å². The molecule has 0 radical (unpaired) electrons. The highest BCUT2D eigenvalue weighted by Gasteiger charge is 2.29. The zero-order chi connectivity index (χ0) is 17.3. The van der Waals surface area contributed by atoms with Crippen molar-refractivity contribution in [3.63, 3.8) is 0 Å². The van der Waals surface area contributed by atoms with Crippen LogP contribution in [-0.4, -0.2) is 39.7 Å². The van der Waals surface area contributed by atoms with E-state index in [1.54, 1.807) is 26.0 Å². The second-order valence-electron chi connectivity index (χ2n) is 5.27. The van der Waals surface area contributed by atoms with Gasteiger partial charge in [0.2, 0.25) is 15.7 Å². The molecule has 2 aromatic heterocycles. The Balaban J connectivity index is 1.99. The van der Waals surface area contributed by atoms with Crippen LogP contribution in [0.5, 0.6) is 0 Å². The molecular weight excluding hydrogens is 333 g/mol. The highest BCUT2D eigenvalue weighted by molar-refractivity contribution is 7.89. The minimum absolute atomic E-state index is 0.0414. The standard InChI is InChI=1S/C15H16FN5O2S/c1-3-21(10(2)11-4-6-12(16)7-5-11)24(22,23)13-8-14-15(17-9-13)19-20-18-14/h4-10H,3H2,1-2H3,(H,17,18,19,20)/t10-/m0/s1. The number of nitrogens with zero attached hydrogens (tertiary/aromatic N) is 4. The Bertz CT molecular complexity index is 955. The topological polar surface area (TPSA) is 91.8 Å². The maximum Gasteiger partial charge on any atom is 0.245 e. The van der Waals surface area contributed by atoms with Gasteiger partial charge in [-0.05, 0) is 30.7 Å². The molecule has 0 spiro atoms. The lowest BCUT2D eigenvalue weighted by atomic mass is 10.1. The highest BCUT2D eigenvalue weighted by atomic mass is 32.2. The molecule has 0 aliphatic heterocycles. The van der Waals surface area contributed by atoms with Gasteiger partial charge in [-0.3, -0.25) is 0 Å². The third-order valence-electron chi connectivity index (χ3n) is 3.85. The molecule has 0 saturated heterocycles. The van der Waals surface area contributed by atoms with E-state index < -0.39 is 16.1 Å². The molecule has 0 fully saturated rings. The van der Waals surface area contributed by atoms with Crippen LogP contribution in [0.2, 0.25) is 0 Å². The van der Waals surface area contributed by atoms with Crippen LogP contribution in [0.25, 0.3) is 11.2 Å². The van der Waals surface area contributed by atoms with Crippen LogP contribution < -0.4 is 0 Å². The molecule has 24 heavy (non-hydrogen) atoms. The first-order valence-corrected chi connectivity index (χ1v) is 8.81. The first kappa shape index (κ1) is 16.5. The zero-order valence-corrected chi connectivity index (χ0v) is 14.0. The normalized spacial score (nSPS) is 13.5. The second-order valence-corrected chi connectivity index (χ2v) is 7.16. The minimum Gasteiger partial charge on any atom is -0.232 e. The number of halogens is 1. The summed E-state index contributed by atoms with van der Waals surface area (Å²) in [6, 6.07) is 6.77. The SMILES string of the molecule is CCN([C@@H](C)c1ccc(F)cc1)S(=O)(=O)c1cnc2n[nH]nc2c1. The molecule has 0 unspecified atom stereocenters. The van der Waals surface area contributed by atoms with Crippen molar-refractivity contribution in [2.75, 3.05) is 6.54 Å². The number of pyridine rings is 1. The number of hydrogen-bond donors (Lipinski definition) is 1. The number of hydrogen-bond acceptors (Lipinski definition) is 5. The average molecular weight is 349 g/mol. The second kappa shape index (κ2) is 6.25. The first-order chi connectivity index (χ1) is 11.4. The van der Waals surface area contributed by atoms with Crippen LogP contribution in [0.4, 0.5) is 4.39 Å². The number of aromatic nitrogens is 4. The number of aromatic amines is 1. The molecule has 3 rings (SSSR count).